The fraction of sp³-hybridized carbons (Fsp3) is 0.333. The van der Waals surface area contributed by atoms with Gasteiger partial charge in [0.25, 0.3) is 0 Å². The Labute approximate surface area is 81.2 Å². The summed E-state index contributed by atoms with van der Waals surface area (Å²) in [6.45, 7) is 2.81. The van der Waals surface area contributed by atoms with E-state index in [1.807, 2.05) is 12.1 Å². The molecule has 0 spiro atoms. The molecule has 0 radical (unpaired) electrons. The van der Waals surface area contributed by atoms with Crippen molar-refractivity contribution in [2.45, 2.75) is 12.8 Å². The molecule has 1 aromatic carbocycles. The summed E-state index contributed by atoms with van der Waals surface area (Å²) in [6.07, 6.45) is 0. The van der Waals surface area contributed by atoms with Crippen molar-refractivity contribution in [1.82, 2.24) is 0 Å². The van der Waals surface area contributed by atoms with E-state index in [-0.39, 0.29) is 0 Å². The Morgan fingerprint density at radius 1 is 1.42 bits per heavy atom. The smallest absolute Gasteiger partial charge is 0.143 e. The van der Waals surface area contributed by atoms with Crippen LogP contribution in [0.3, 0.4) is 0 Å². The molecule has 64 valence electrons. The van der Waals surface area contributed by atoms with Crippen LogP contribution in [0.5, 0.6) is 5.75 Å². The number of ether oxygens (including phenoxy) is 1. The minimum atomic E-state index is 0.426. The fourth-order valence-corrected chi connectivity index (χ4v) is 1.76. The first-order valence-electron chi connectivity index (χ1n) is 3.81. The number of benzene rings is 1. The van der Waals surface area contributed by atoms with Crippen LogP contribution in [-0.2, 0) is 0 Å². The first-order valence-corrected chi connectivity index (χ1v) is 4.56. The topological polar surface area (TPSA) is 9.23 Å². The van der Waals surface area contributed by atoms with Gasteiger partial charge in [-0.2, -0.15) is 0 Å². The van der Waals surface area contributed by atoms with E-state index in [4.69, 9.17) is 27.9 Å². The lowest BCUT2D eigenvalue weighted by molar-refractivity contribution is 0.337. The lowest BCUT2D eigenvalue weighted by atomic mass is 10.0. The van der Waals surface area contributed by atoms with E-state index < -0.39 is 0 Å². The minimum Gasteiger partial charge on any atom is -0.491 e. The quantitative estimate of drug-likeness (QED) is 0.627. The highest BCUT2D eigenvalue weighted by molar-refractivity contribution is 6.43. The maximum atomic E-state index is 5.95. The third-order valence-electron chi connectivity index (χ3n) is 2.09. The molecule has 1 aliphatic heterocycles. The molecule has 0 saturated heterocycles. The van der Waals surface area contributed by atoms with Crippen molar-refractivity contribution in [1.29, 1.82) is 0 Å². The van der Waals surface area contributed by atoms with Crippen LogP contribution in [0.1, 0.15) is 18.4 Å². The van der Waals surface area contributed by atoms with Crippen LogP contribution >= 0.6 is 23.2 Å². The van der Waals surface area contributed by atoms with Gasteiger partial charge < -0.3 is 4.74 Å². The van der Waals surface area contributed by atoms with Crippen molar-refractivity contribution in [3.63, 3.8) is 0 Å². The van der Waals surface area contributed by atoms with Crippen LogP contribution in [0.2, 0.25) is 10.0 Å². The van der Waals surface area contributed by atoms with Gasteiger partial charge in [0.05, 0.1) is 11.6 Å². The second kappa shape index (κ2) is 2.82. The molecule has 0 aliphatic carbocycles. The van der Waals surface area contributed by atoms with Gasteiger partial charge in [0.2, 0.25) is 0 Å². The van der Waals surface area contributed by atoms with Crippen LogP contribution in [0.4, 0.5) is 0 Å². The van der Waals surface area contributed by atoms with Gasteiger partial charge in [-0.25, -0.2) is 0 Å². The standard InChI is InChI=1S/C9H8Cl2O/c1-5-4-12-9-6(5)2-3-7(10)8(9)11/h2-3,5H,4H2,1H3. The van der Waals surface area contributed by atoms with Crippen LogP contribution < -0.4 is 4.74 Å². The number of rotatable bonds is 0. The van der Waals surface area contributed by atoms with E-state index in [1.54, 1.807) is 0 Å². The van der Waals surface area contributed by atoms with Crippen LogP contribution in [-0.4, -0.2) is 6.61 Å². The van der Waals surface area contributed by atoms with Gasteiger partial charge in [0.1, 0.15) is 10.8 Å². The summed E-state index contributed by atoms with van der Waals surface area (Å²) in [4.78, 5) is 0. The molecule has 1 atom stereocenters. The molecular weight excluding hydrogens is 195 g/mol. The fourth-order valence-electron chi connectivity index (χ4n) is 1.38. The molecule has 1 nitrogen and oxygen atoms in total. The van der Waals surface area contributed by atoms with E-state index in [0.717, 1.165) is 11.3 Å². The Balaban J connectivity index is 2.60. The van der Waals surface area contributed by atoms with Gasteiger partial charge in [0, 0.05) is 11.5 Å². The largest absolute Gasteiger partial charge is 0.491 e. The molecule has 0 fully saturated rings. The Morgan fingerprint density at radius 3 is 2.92 bits per heavy atom. The second-order valence-corrected chi connectivity index (χ2v) is 3.78. The second-order valence-electron chi connectivity index (χ2n) is 2.99. The summed E-state index contributed by atoms with van der Waals surface area (Å²) >= 11 is 11.8. The molecule has 1 aliphatic rings. The van der Waals surface area contributed by atoms with Crippen LogP contribution in [0.15, 0.2) is 12.1 Å². The molecule has 0 bridgehead atoms. The molecule has 0 amide bonds. The normalized spacial score (nSPS) is 20.4. The Kier molecular flexibility index (Phi) is 1.93. The lowest BCUT2D eigenvalue weighted by Gasteiger charge is -2.03. The SMILES string of the molecule is CC1COc2c1ccc(Cl)c2Cl. The van der Waals surface area contributed by atoms with E-state index in [2.05, 4.69) is 6.92 Å². The first-order chi connectivity index (χ1) is 5.70. The number of hydrogen-bond donors (Lipinski definition) is 0. The third-order valence-corrected chi connectivity index (χ3v) is 2.88. The van der Waals surface area contributed by atoms with Gasteiger partial charge >= 0.3 is 0 Å². The van der Waals surface area contributed by atoms with E-state index >= 15 is 0 Å². The molecule has 0 N–H and O–H groups in total. The molecule has 2 rings (SSSR count). The summed E-state index contributed by atoms with van der Waals surface area (Å²) in [5.41, 5.74) is 1.16. The third kappa shape index (κ3) is 1.08. The van der Waals surface area contributed by atoms with E-state index in [9.17, 15) is 0 Å². The predicted octanol–water partition coefficient (Wildman–Crippen LogP) is 3.49. The van der Waals surface area contributed by atoms with Gasteiger partial charge in [-0.3, -0.25) is 0 Å². The van der Waals surface area contributed by atoms with Crippen LogP contribution in [0, 0.1) is 0 Å². The molecule has 1 unspecified atom stereocenters. The van der Waals surface area contributed by atoms with Gasteiger partial charge in [-0.15, -0.1) is 0 Å². The monoisotopic (exact) mass is 202 g/mol. The summed E-state index contributed by atoms with van der Waals surface area (Å²) in [5, 5.41) is 1.10. The zero-order valence-electron chi connectivity index (χ0n) is 6.60. The zero-order valence-corrected chi connectivity index (χ0v) is 8.12. The van der Waals surface area contributed by atoms with Gasteiger partial charge in [-0.1, -0.05) is 36.2 Å². The minimum absolute atomic E-state index is 0.426. The molecule has 1 heterocycles. The number of hydrogen-bond acceptors (Lipinski definition) is 1. The van der Waals surface area contributed by atoms with E-state index in [1.165, 1.54) is 0 Å². The molecule has 3 heteroatoms. The Bertz CT molecular complexity index is 323. The summed E-state index contributed by atoms with van der Waals surface area (Å²) in [6, 6.07) is 3.79. The average Bonchev–Trinajstić information content (AvgIpc) is 2.41. The Hall–Kier alpha value is -0.400. The maximum absolute atomic E-state index is 5.95. The van der Waals surface area contributed by atoms with E-state index in [0.29, 0.717) is 22.6 Å². The maximum Gasteiger partial charge on any atom is 0.143 e. The first kappa shape index (κ1) is 8.21. The predicted molar refractivity (Wildman–Crippen MR) is 50.4 cm³/mol. The summed E-state index contributed by atoms with van der Waals surface area (Å²) in [5.74, 6) is 1.19. The molecule has 1 aromatic rings. The molecule has 0 aromatic heterocycles. The number of halogens is 2. The molecule has 0 saturated carbocycles. The summed E-state index contributed by atoms with van der Waals surface area (Å²) in [7, 11) is 0. The highest BCUT2D eigenvalue weighted by Crippen LogP contribution is 2.42. The zero-order chi connectivity index (χ0) is 8.72. The lowest BCUT2D eigenvalue weighted by Crippen LogP contribution is -1.93. The van der Waals surface area contributed by atoms with Crippen molar-refractivity contribution >= 4 is 23.2 Å². The molecule has 12 heavy (non-hydrogen) atoms. The van der Waals surface area contributed by atoms with Crippen molar-refractivity contribution in [3.05, 3.63) is 27.7 Å². The summed E-state index contributed by atoms with van der Waals surface area (Å²) < 4.78 is 5.41. The average molecular weight is 203 g/mol. The van der Waals surface area contributed by atoms with Crippen molar-refractivity contribution in [3.8, 4) is 5.75 Å². The van der Waals surface area contributed by atoms with Crippen LogP contribution in [0.25, 0.3) is 0 Å². The van der Waals surface area contributed by atoms with Gasteiger partial charge in [-0.05, 0) is 6.07 Å². The molecular formula is C9H8Cl2O. The van der Waals surface area contributed by atoms with Gasteiger partial charge in [0.15, 0.2) is 0 Å². The van der Waals surface area contributed by atoms with Crippen molar-refractivity contribution < 1.29 is 4.74 Å². The van der Waals surface area contributed by atoms with Crippen molar-refractivity contribution in [2.75, 3.05) is 6.61 Å². The highest BCUT2D eigenvalue weighted by atomic mass is 35.5. The number of fused-ring (bicyclic) bond motifs is 1. The van der Waals surface area contributed by atoms with Crippen molar-refractivity contribution in [2.24, 2.45) is 0 Å². The highest BCUT2D eigenvalue weighted by Gasteiger charge is 2.23. The Morgan fingerprint density at radius 2 is 2.17 bits per heavy atom.